The van der Waals surface area contributed by atoms with Gasteiger partial charge in [0.25, 0.3) is 0 Å². The Kier molecular flexibility index (Phi) is 5.40. The van der Waals surface area contributed by atoms with Gasteiger partial charge in [-0.1, -0.05) is 43.7 Å². The standard InChI is InChI=1S/C16H24N2O/c1-2-8-15(14-9-4-3-5-10-14)17-13-16(19)18-11-6-7-12-18/h3-5,9-10,15,17H,2,6-8,11-13H2,1H3. The van der Waals surface area contributed by atoms with E-state index in [0.29, 0.717) is 6.54 Å². The van der Waals surface area contributed by atoms with Gasteiger partial charge in [0.1, 0.15) is 0 Å². The third-order valence-electron chi connectivity index (χ3n) is 3.74. The van der Waals surface area contributed by atoms with E-state index in [1.54, 1.807) is 0 Å². The second kappa shape index (κ2) is 7.29. The summed E-state index contributed by atoms with van der Waals surface area (Å²) in [6.07, 6.45) is 4.49. The zero-order valence-electron chi connectivity index (χ0n) is 11.8. The fourth-order valence-electron chi connectivity index (χ4n) is 2.65. The first-order valence-electron chi connectivity index (χ1n) is 7.37. The number of carbonyl (C=O) groups excluding carboxylic acids is 1. The van der Waals surface area contributed by atoms with Crippen LogP contribution in [0, 0.1) is 0 Å². The number of hydrogen-bond acceptors (Lipinski definition) is 2. The summed E-state index contributed by atoms with van der Waals surface area (Å²) in [5.74, 6) is 0.245. The van der Waals surface area contributed by atoms with Crippen LogP contribution in [0.25, 0.3) is 0 Å². The van der Waals surface area contributed by atoms with E-state index < -0.39 is 0 Å². The van der Waals surface area contributed by atoms with Gasteiger partial charge in [0.2, 0.25) is 5.91 Å². The van der Waals surface area contributed by atoms with Crippen LogP contribution in [0.4, 0.5) is 0 Å². The quantitative estimate of drug-likeness (QED) is 0.853. The summed E-state index contributed by atoms with van der Waals surface area (Å²) in [6, 6.07) is 10.7. The molecule has 0 radical (unpaired) electrons. The normalized spacial score (nSPS) is 16.6. The van der Waals surface area contributed by atoms with Crippen molar-refractivity contribution >= 4 is 5.91 Å². The lowest BCUT2D eigenvalue weighted by Crippen LogP contribution is -2.37. The molecule has 1 amide bonds. The molecule has 1 aromatic carbocycles. The van der Waals surface area contributed by atoms with Gasteiger partial charge in [0, 0.05) is 19.1 Å². The van der Waals surface area contributed by atoms with Crippen molar-refractivity contribution in [2.45, 2.75) is 38.6 Å². The number of hydrogen-bond donors (Lipinski definition) is 1. The van der Waals surface area contributed by atoms with Crippen molar-refractivity contribution in [1.29, 1.82) is 0 Å². The molecule has 1 N–H and O–H groups in total. The molecule has 0 aliphatic carbocycles. The summed E-state index contributed by atoms with van der Waals surface area (Å²) < 4.78 is 0. The number of nitrogens with zero attached hydrogens (tertiary/aromatic N) is 1. The van der Waals surface area contributed by atoms with Crippen molar-refractivity contribution in [2.75, 3.05) is 19.6 Å². The van der Waals surface area contributed by atoms with E-state index in [0.717, 1.165) is 38.8 Å². The van der Waals surface area contributed by atoms with Crippen LogP contribution < -0.4 is 5.32 Å². The largest absolute Gasteiger partial charge is 0.342 e. The molecule has 1 fully saturated rings. The number of carbonyl (C=O) groups is 1. The Morgan fingerprint density at radius 1 is 1.26 bits per heavy atom. The smallest absolute Gasteiger partial charge is 0.236 e. The molecule has 3 nitrogen and oxygen atoms in total. The Balaban J connectivity index is 1.88. The van der Waals surface area contributed by atoms with E-state index in [1.165, 1.54) is 5.56 Å². The number of likely N-dealkylation sites (tertiary alicyclic amines) is 1. The maximum Gasteiger partial charge on any atom is 0.236 e. The maximum atomic E-state index is 12.0. The van der Waals surface area contributed by atoms with Crippen LogP contribution in [0.15, 0.2) is 30.3 Å². The molecule has 1 aliphatic rings. The Bertz CT molecular complexity index is 385. The molecule has 0 aromatic heterocycles. The molecule has 0 bridgehead atoms. The minimum Gasteiger partial charge on any atom is -0.342 e. The molecule has 1 atom stereocenters. The SMILES string of the molecule is CCCC(NCC(=O)N1CCCC1)c1ccccc1. The van der Waals surface area contributed by atoms with Gasteiger partial charge in [-0.05, 0) is 24.8 Å². The van der Waals surface area contributed by atoms with E-state index in [9.17, 15) is 4.79 Å². The number of nitrogens with one attached hydrogen (secondary N) is 1. The first-order chi connectivity index (χ1) is 9.31. The molecule has 19 heavy (non-hydrogen) atoms. The van der Waals surface area contributed by atoms with E-state index in [2.05, 4.69) is 36.5 Å². The molecular weight excluding hydrogens is 236 g/mol. The summed E-state index contributed by atoms with van der Waals surface area (Å²) in [7, 11) is 0. The minimum atomic E-state index is 0.245. The lowest BCUT2D eigenvalue weighted by atomic mass is 10.0. The highest BCUT2D eigenvalue weighted by Crippen LogP contribution is 2.18. The average Bonchev–Trinajstić information content (AvgIpc) is 2.98. The number of amides is 1. The Morgan fingerprint density at radius 2 is 1.95 bits per heavy atom. The van der Waals surface area contributed by atoms with Crippen molar-refractivity contribution in [3.8, 4) is 0 Å². The van der Waals surface area contributed by atoms with Crippen LogP contribution >= 0.6 is 0 Å². The van der Waals surface area contributed by atoms with Crippen molar-refractivity contribution in [1.82, 2.24) is 10.2 Å². The lowest BCUT2D eigenvalue weighted by molar-refractivity contribution is -0.129. The average molecular weight is 260 g/mol. The molecule has 104 valence electrons. The molecule has 3 heteroatoms. The molecule has 1 unspecified atom stereocenters. The van der Waals surface area contributed by atoms with Crippen LogP contribution in [0.1, 0.15) is 44.2 Å². The van der Waals surface area contributed by atoms with Crippen LogP contribution in [0.5, 0.6) is 0 Å². The summed E-state index contributed by atoms with van der Waals surface area (Å²) in [6.45, 7) is 4.51. The Hall–Kier alpha value is -1.35. The van der Waals surface area contributed by atoms with Gasteiger partial charge in [0.15, 0.2) is 0 Å². The lowest BCUT2D eigenvalue weighted by Gasteiger charge is -2.21. The Labute approximate surface area is 116 Å². The summed E-state index contributed by atoms with van der Waals surface area (Å²) in [5.41, 5.74) is 1.28. The van der Waals surface area contributed by atoms with Gasteiger partial charge in [-0.15, -0.1) is 0 Å². The van der Waals surface area contributed by atoms with E-state index in [1.807, 2.05) is 11.0 Å². The number of rotatable bonds is 6. The third-order valence-corrected chi connectivity index (χ3v) is 3.74. The number of benzene rings is 1. The maximum absolute atomic E-state index is 12.0. The second-order valence-electron chi connectivity index (χ2n) is 5.22. The van der Waals surface area contributed by atoms with Crippen molar-refractivity contribution < 1.29 is 4.79 Å². The third kappa shape index (κ3) is 4.06. The molecule has 2 rings (SSSR count). The molecule has 1 saturated heterocycles. The van der Waals surface area contributed by atoms with Crippen LogP contribution in [0.2, 0.25) is 0 Å². The van der Waals surface area contributed by atoms with E-state index >= 15 is 0 Å². The van der Waals surface area contributed by atoms with Crippen LogP contribution in [-0.4, -0.2) is 30.4 Å². The highest BCUT2D eigenvalue weighted by Gasteiger charge is 2.19. The van der Waals surface area contributed by atoms with Gasteiger partial charge in [0.05, 0.1) is 6.54 Å². The predicted molar refractivity (Wildman–Crippen MR) is 77.9 cm³/mol. The monoisotopic (exact) mass is 260 g/mol. The van der Waals surface area contributed by atoms with Gasteiger partial charge in [-0.25, -0.2) is 0 Å². The molecule has 1 aliphatic heterocycles. The fraction of sp³-hybridized carbons (Fsp3) is 0.562. The highest BCUT2D eigenvalue weighted by molar-refractivity contribution is 5.78. The molecule has 1 heterocycles. The van der Waals surface area contributed by atoms with Gasteiger partial charge < -0.3 is 10.2 Å². The molecule has 0 spiro atoms. The van der Waals surface area contributed by atoms with Gasteiger partial charge in [-0.2, -0.15) is 0 Å². The fourth-order valence-corrected chi connectivity index (χ4v) is 2.65. The topological polar surface area (TPSA) is 32.3 Å². The predicted octanol–water partition coefficient (Wildman–Crippen LogP) is 2.74. The molecular formula is C16H24N2O. The molecule has 0 saturated carbocycles. The summed E-state index contributed by atoms with van der Waals surface area (Å²) in [5, 5.41) is 3.42. The Morgan fingerprint density at radius 3 is 2.58 bits per heavy atom. The van der Waals surface area contributed by atoms with Crippen LogP contribution in [0.3, 0.4) is 0 Å². The first kappa shape index (κ1) is 14.1. The van der Waals surface area contributed by atoms with Crippen molar-refractivity contribution in [3.05, 3.63) is 35.9 Å². The van der Waals surface area contributed by atoms with Crippen LogP contribution in [-0.2, 0) is 4.79 Å². The summed E-state index contributed by atoms with van der Waals surface area (Å²) in [4.78, 5) is 14.0. The first-order valence-corrected chi connectivity index (χ1v) is 7.37. The van der Waals surface area contributed by atoms with Gasteiger partial charge >= 0.3 is 0 Å². The van der Waals surface area contributed by atoms with E-state index in [4.69, 9.17) is 0 Å². The van der Waals surface area contributed by atoms with E-state index in [-0.39, 0.29) is 11.9 Å². The van der Waals surface area contributed by atoms with Gasteiger partial charge in [-0.3, -0.25) is 4.79 Å². The summed E-state index contributed by atoms with van der Waals surface area (Å²) >= 11 is 0. The van der Waals surface area contributed by atoms with Crippen molar-refractivity contribution in [3.63, 3.8) is 0 Å². The zero-order valence-corrected chi connectivity index (χ0v) is 11.8. The van der Waals surface area contributed by atoms with Crippen molar-refractivity contribution in [2.24, 2.45) is 0 Å². The molecule has 1 aromatic rings. The zero-order chi connectivity index (χ0) is 13.5. The highest BCUT2D eigenvalue weighted by atomic mass is 16.2. The second-order valence-corrected chi connectivity index (χ2v) is 5.22. The minimum absolute atomic E-state index is 0.245.